The van der Waals surface area contributed by atoms with Gasteiger partial charge in [-0.1, -0.05) is 23.2 Å². The smallest absolute Gasteiger partial charge is 0.261 e. The Balaban J connectivity index is 1.72. The van der Waals surface area contributed by atoms with Crippen molar-refractivity contribution < 1.29 is 9.84 Å². The monoisotopic (exact) mass is 389 g/mol. The fourth-order valence-electron chi connectivity index (χ4n) is 2.42. The molecule has 1 N–H and O–H groups in total. The molecule has 2 aromatic carbocycles. The summed E-state index contributed by atoms with van der Waals surface area (Å²) in [6.07, 6.45) is 0.396. The maximum atomic E-state index is 12.5. The highest BCUT2D eigenvalue weighted by Gasteiger charge is 2.12. The highest BCUT2D eigenvalue weighted by Crippen LogP contribution is 2.24. The first-order chi connectivity index (χ1) is 12.5. The molecule has 1 atom stereocenters. The molecule has 0 aliphatic heterocycles. The predicted octanol–water partition coefficient (Wildman–Crippen LogP) is 3.01. The van der Waals surface area contributed by atoms with Crippen LogP contribution in [0.5, 0.6) is 5.75 Å². The van der Waals surface area contributed by atoms with Crippen LogP contribution in [-0.4, -0.2) is 27.4 Å². The SMILES string of the molecule is N#Cc1ccc(OCC(O)Cn2cnc3c(Cl)cc(Cl)cc3c2=O)cc1. The van der Waals surface area contributed by atoms with Crippen molar-refractivity contribution in [2.45, 2.75) is 12.6 Å². The number of halogens is 2. The average molecular weight is 390 g/mol. The fourth-order valence-corrected chi connectivity index (χ4v) is 2.96. The Hall–Kier alpha value is -2.59. The zero-order valence-electron chi connectivity index (χ0n) is 13.4. The van der Waals surface area contributed by atoms with Gasteiger partial charge in [-0.05, 0) is 36.4 Å². The molecule has 1 unspecified atom stereocenters. The summed E-state index contributed by atoms with van der Waals surface area (Å²) >= 11 is 12.0. The summed E-state index contributed by atoms with van der Waals surface area (Å²) in [6.45, 7) is -0.0190. The Morgan fingerprint density at radius 1 is 1.27 bits per heavy atom. The normalized spacial score (nSPS) is 11.9. The van der Waals surface area contributed by atoms with Gasteiger partial charge in [0.15, 0.2) is 0 Å². The number of aliphatic hydroxyl groups excluding tert-OH is 1. The van der Waals surface area contributed by atoms with Gasteiger partial charge in [-0.25, -0.2) is 4.98 Å². The van der Waals surface area contributed by atoms with E-state index in [0.29, 0.717) is 26.9 Å². The van der Waals surface area contributed by atoms with E-state index in [9.17, 15) is 9.90 Å². The van der Waals surface area contributed by atoms with E-state index >= 15 is 0 Å². The van der Waals surface area contributed by atoms with Gasteiger partial charge in [0.05, 0.1) is 40.4 Å². The second-order valence-corrected chi connectivity index (χ2v) is 6.43. The predicted molar refractivity (Wildman–Crippen MR) is 98.7 cm³/mol. The molecule has 0 aliphatic rings. The van der Waals surface area contributed by atoms with Gasteiger partial charge in [0, 0.05) is 5.02 Å². The van der Waals surface area contributed by atoms with Crippen LogP contribution in [0.3, 0.4) is 0 Å². The van der Waals surface area contributed by atoms with Gasteiger partial charge in [0.1, 0.15) is 18.5 Å². The van der Waals surface area contributed by atoms with Crippen LogP contribution >= 0.6 is 23.2 Å². The Morgan fingerprint density at radius 2 is 2.00 bits per heavy atom. The zero-order chi connectivity index (χ0) is 18.7. The van der Waals surface area contributed by atoms with E-state index in [2.05, 4.69) is 4.98 Å². The van der Waals surface area contributed by atoms with E-state index in [1.54, 1.807) is 24.3 Å². The van der Waals surface area contributed by atoms with E-state index in [1.807, 2.05) is 6.07 Å². The molecule has 0 bridgehead atoms. The number of aromatic nitrogens is 2. The third-order valence-electron chi connectivity index (χ3n) is 3.68. The quantitative estimate of drug-likeness (QED) is 0.724. The number of hydrogen-bond acceptors (Lipinski definition) is 5. The number of aliphatic hydroxyl groups is 1. The summed E-state index contributed by atoms with van der Waals surface area (Å²) in [6, 6.07) is 11.5. The number of nitrogens with zero attached hydrogens (tertiary/aromatic N) is 3. The van der Waals surface area contributed by atoms with Crippen LogP contribution in [0, 0.1) is 11.3 Å². The highest BCUT2D eigenvalue weighted by molar-refractivity contribution is 6.38. The lowest BCUT2D eigenvalue weighted by atomic mass is 10.2. The van der Waals surface area contributed by atoms with E-state index in [4.69, 9.17) is 33.2 Å². The Labute approximate surface area is 158 Å². The van der Waals surface area contributed by atoms with Crippen molar-refractivity contribution in [3.05, 3.63) is 68.7 Å². The largest absolute Gasteiger partial charge is 0.491 e. The molecule has 0 saturated carbocycles. The molecule has 0 amide bonds. The summed E-state index contributed by atoms with van der Waals surface area (Å²) in [5, 5.41) is 19.8. The van der Waals surface area contributed by atoms with Gasteiger partial charge in [0.2, 0.25) is 0 Å². The lowest BCUT2D eigenvalue weighted by molar-refractivity contribution is 0.0915. The van der Waals surface area contributed by atoms with Crippen LogP contribution in [0.1, 0.15) is 5.56 Å². The second-order valence-electron chi connectivity index (χ2n) is 5.59. The minimum atomic E-state index is -0.933. The third-order valence-corrected chi connectivity index (χ3v) is 4.19. The van der Waals surface area contributed by atoms with Crippen LogP contribution in [0.25, 0.3) is 10.9 Å². The molecule has 0 fully saturated rings. The van der Waals surface area contributed by atoms with Crippen LogP contribution in [0.2, 0.25) is 10.0 Å². The number of hydrogen-bond donors (Lipinski definition) is 1. The fraction of sp³-hybridized carbons (Fsp3) is 0.167. The standard InChI is InChI=1S/C18H13Cl2N3O3/c19-12-5-15-17(16(20)6-12)22-10-23(18(15)25)8-13(24)9-26-14-3-1-11(7-21)2-4-14/h1-6,10,13,24H,8-9H2. The van der Waals surface area contributed by atoms with Gasteiger partial charge < -0.3 is 9.84 Å². The Kier molecular flexibility index (Phi) is 5.43. The number of nitriles is 1. The molecular formula is C18H13Cl2N3O3. The van der Waals surface area contributed by atoms with E-state index in [1.165, 1.54) is 23.0 Å². The first kappa shape index (κ1) is 18.2. The average Bonchev–Trinajstić information content (AvgIpc) is 2.63. The summed E-state index contributed by atoms with van der Waals surface area (Å²) in [5.74, 6) is 0.519. The lowest BCUT2D eigenvalue weighted by Crippen LogP contribution is -2.30. The maximum absolute atomic E-state index is 12.5. The molecule has 132 valence electrons. The van der Waals surface area contributed by atoms with E-state index < -0.39 is 6.10 Å². The van der Waals surface area contributed by atoms with Crippen molar-refractivity contribution in [1.82, 2.24) is 9.55 Å². The van der Waals surface area contributed by atoms with Crippen molar-refractivity contribution in [1.29, 1.82) is 5.26 Å². The molecule has 0 radical (unpaired) electrons. The molecule has 0 aliphatic carbocycles. The van der Waals surface area contributed by atoms with Crippen molar-refractivity contribution in [3.8, 4) is 11.8 Å². The molecule has 6 nitrogen and oxygen atoms in total. The zero-order valence-corrected chi connectivity index (χ0v) is 14.9. The Morgan fingerprint density at radius 3 is 2.69 bits per heavy atom. The molecule has 1 aromatic heterocycles. The first-order valence-corrected chi connectivity index (χ1v) is 8.39. The highest BCUT2D eigenvalue weighted by atomic mass is 35.5. The number of rotatable bonds is 5. The van der Waals surface area contributed by atoms with Gasteiger partial charge in [-0.15, -0.1) is 0 Å². The van der Waals surface area contributed by atoms with Gasteiger partial charge in [0.25, 0.3) is 5.56 Å². The van der Waals surface area contributed by atoms with Crippen molar-refractivity contribution >= 4 is 34.1 Å². The van der Waals surface area contributed by atoms with Crippen LogP contribution < -0.4 is 10.3 Å². The topological polar surface area (TPSA) is 88.1 Å². The molecule has 26 heavy (non-hydrogen) atoms. The van der Waals surface area contributed by atoms with Crippen LogP contribution in [0.4, 0.5) is 0 Å². The summed E-state index contributed by atoms with van der Waals surface area (Å²) in [4.78, 5) is 16.7. The number of ether oxygens (including phenoxy) is 1. The molecule has 0 saturated heterocycles. The summed E-state index contributed by atoms with van der Waals surface area (Å²) in [7, 11) is 0. The van der Waals surface area contributed by atoms with Crippen molar-refractivity contribution in [2.75, 3.05) is 6.61 Å². The number of fused-ring (bicyclic) bond motifs is 1. The third kappa shape index (κ3) is 3.97. The van der Waals surface area contributed by atoms with Crippen LogP contribution in [-0.2, 0) is 6.54 Å². The summed E-state index contributed by atoms with van der Waals surface area (Å²) in [5.41, 5.74) is 0.529. The molecule has 3 aromatic rings. The first-order valence-electron chi connectivity index (χ1n) is 7.63. The minimum absolute atomic E-state index is 0.00217. The van der Waals surface area contributed by atoms with E-state index in [0.717, 1.165) is 0 Å². The Bertz CT molecular complexity index is 1040. The molecule has 3 rings (SSSR count). The van der Waals surface area contributed by atoms with Gasteiger partial charge in [-0.2, -0.15) is 5.26 Å². The van der Waals surface area contributed by atoms with Crippen molar-refractivity contribution in [3.63, 3.8) is 0 Å². The van der Waals surface area contributed by atoms with Gasteiger partial charge >= 0.3 is 0 Å². The summed E-state index contributed by atoms with van der Waals surface area (Å²) < 4.78 is 6.75. The number of benzene rings is 2. The minimum Gasteiger partial charge on any atom is -0.491 e. The maximum Gasteiger partial charge on any atom is 0.261 e. The molecule has 1 heterocycles. The van der Waals surface area contributed by atoms with Crippen molar-refractivity contribution in [2.24, 2.45) is 0 Å². The second kappa shape index (κ2) is 7.75. The molecule has 0 spiro atoms. The van der Waals surface area contributed by atoms with Gasteiger partial charge in [-0.3, -0.25) is 9.36 Å². The van der Waals surface area contributed by atoms with E-state index in [-0.39, 0.29) is 24.1 Å². The molecular weight excluding hydrogens is 377 g/mol. The lowest BCUT2D eigenvalue weighted by Gasteiger charge is -2.14. The van der Waals surface area contributed by atoms with Crippen LogP contribution in [0.15, 0.2) is 47.5 Å². The molecule has 8 heteroatoms.